The lowest BCUT2D eigenvalue weighted by Gasteiger charge is -2.10. The zero-order valence-corrected chi connectivity index (χ0v) is 13.2. The highest BCUT2D eigenvalue weighted by molar-refractivity contribution is 9.10. The largest absolute Gasteiger partial charge is 0.338 e. The molecule has 5 nitrogen and oxygen atoms in total. The molecule has 7 heteroatoms. The van der Waals surface area contributed by atoms with Crippen LogP contribution in [0.2, 0.25) is 0 Å². The Morgan fingerprint density at radius 2 is 2.30 bits per heavy atom. The van der Waals surface area contributed by atoms with Crippen LogP contribution < -0.4 is 5.73 Å². The Labute approximate surface area is 132 Å². The summed E-state index contributed by atoms with van der Waals surface area (Å²) in [6, 6.07) is 8.13. The SMILES string of the molecule is Cl.N[C@@H]1CCN(Cc2nc(-c3cccc(Br)c3)no2)C1. The molecule has 1 saturated heterocycles. The third kappa shape index (κ3) is 3.58. The van der Waals surface area contributed by atoms with Gasteiger partial charge >= 0.3 is 0 Å². The lowest BCUT2D eigenvalue weighted by molar-refractivity contribution is 0.265. The summed E-state index contributed by atoms with van der Waals surface area (Å²) in [5.74, 6) is 1.27. The third-order valence-corrected chi connectivity index (χ3v) is 3.71. The fraction of sp³-hybridized carbons (Fsp3) is 0.385. The minimum Gasteiger partial charge on any atom is -0.338 e. The summed E-state index contributed by atoms with van der Waals surface area (Å²) in [6.45, 7) is 2.57. The Morgan fingerprint density at radius 1 is 1.45 bits per heavy atom. The van der Waals surface area contributed by atoms with Crippen LogP contribution >= 0.6 is 28.3 Å². The van der Waals surface area contributed by atoms with Crippen molar-refractivity contribution in [3.8, 4) is 11.4 Å². The zero-order valence-electron chi connectivity index (χ0n) is 10.8. The van der Waals surface area contributed by atoms with E-state index < -0.39 is 0 Å². The predicted molar refractivity (Wildman–Crippen MR) is 82.6 cm³/mol. The van der Waals surface area contributed by atoms with Crippen molar-refractivity contribution in [2.75, 3.05) is 13.1 Å². The Morgan fingerprint density at radius 3 is 3.00 bits per heavy atom. The molecule has 0 aliphatic carbocycles. The Bertz CT molecular complexity index is 577. The van der Waals surface area contributed by atoms with Crippen LogP contribution in [0.25, 0.3) is 11.4 Å². The molecule has 1 aliphatic rings. The minimum absolute atomic E-state index is 0. The molecule has 1 fully saturated rings. The molecule has 108 valence electrons. The van der Waals surface area contributed by atoms with Crippen LogP contribution in [0.4, 0.5) is 0 Å². The zero-order chi connectivity index (χ0) is 13.2. The van der Waals surface area contributed by atoms with Gasteiger partial charge in [-0.15, -0.1) is 12.4 Å². The number of nitrogens with zero attached hydrogens (tertiary/aromatic N) is 3. The highest BCUT2D eigenvalue weighted by atomic mass is 79.9. The van der Waals surface area contributed by atoms with Gasteiger partial charge in [0.1, 0.15) is 0 Å². The highest BCUT2D eigenvalue weighted by Gasteiger charge is 2.21. The van der Waals surface area contributed by atoms with E-state index >= 15 is 0 Å². The van der Waals surface area contributed by atoms with Gasteiger partial charge in [0.15, 0.2) is 0 Å². The Hall–Kier alpha value is -0.950. The van der Waals surface area contributed by atoms with Gasteiger partial charge in [0, 0.05) is 29.2 Å². The van der Waals surface area contributed by atoms with Gasteiger partial charge in [-0.2, -0.15) is 4.98 Å². The monoisotopic (exact) mass is 358 g/mol. The number of benzene rings is 1. The van der Waals surface area contributed by atoms with Crippen LogP contribution in [0.3, 0.4) is 0 Å². The summed E-state index contributed by atoms with van der Waals surface area (Å²) in [6.07, 6.45) is 1.03. The normalized spacial score (nSPS) is 19.0. The first kappa shape index (κ1) is 15.4. The van der Waals surface area contributed by atoms with E-state index in [1.807, 2.05) is 24.3 Å². The van der Waals surface area contributed by atoms with Crippen molar-refractivity contribution >= 4 is 28.3 Å². The Kier molecular flexibility index (Phi) is 5.15. The second-order valence-electron chi connectivity index (χ2n) is 4.81. The van der Waals surface area contributed by atoms with Crippen molar-refractivity contribution in [2.24, 2.45) is 5.73 Å². The van der Waals surface area contributed by atoms with Crippen molar-refractivity contribution in [3.05, 3.63) is 34.6 Å². The second kappa shape index (κ2) is 6.67. The van der Waals surface area contributed by atoms with Crippen LogP contribution in [0.1, 0.15) is 12.3 Å². The van der Waals surface area contributed by atoms with E-state index in [1.165, 1.54) is 0 Å². The predicted octanol–water partition coefficient (Wildman–Crippen LogP) is 2.45. The van der Waals surface area contributed by atoms with E-state index in [0.717, 1.165) is 29.5 Å². The first-order valence-electron chi connectivity index (χ1n) is 6.27. The molecule has 0 bridgehead atoms. The molecule has 0 saturated carbocycles. The highest BCUT2D eigenvalue weighted by Crippen LogP contribution is 2.21. The molecular weight excluding hydrogens is 344 g/mol. The molecule has 2 heterocycles. The first-order chi connectivity index (χ1) is 9.20. The lowest BCUT2D eigenvalue weighted by Crippen LogP contribution is -2.26. The molecule has 0 radical (unpaired) electrons. The number of likely N-dealkylation sites (tertiary alicyclic amines) is 1. The minimum atomic E-state index is 0. The molecule has 2 aromatic rings. The van der Waals surface area contributed by atoms with E-state index in [1.54, 1.807) is 0 Å². The van der Waals surface area contributed by atoms with E-state index in [2.05, 4.69) is 31.0 Å². The number of nitrogens with two attached hydrogens (primary N) is 1. The Balaban J connectivity index is 0.00000147. The van der Waals surface area contributed by atoms with Crippen molar-refractivity contribution in [2.45, 2.75) is 19.0 Å². The maximum absolute atomic E-state index is 5.88. The molecular formula is C13H16BrClN4O. The van der Waals surface area contributed by atoms with Crippen LogP contribution in [-0.4, -0.2) is 34.2 Å². The number of hydrogen-bond acceptors (Lipinski definition) is 5. The summed E-state index contributed by atoms with van der Waals surface area (Å²) >= 11 is 3.44. The molecule has 2 N–H and O–H groups in total. The molecule has 0 unspecified atom stereocenters. The lowest BCUT2D eigenvalue weighted by atomic mass is 10.2. The second-order valence-corrected chi connectivity index (χ2v) is 5.72. The van der Waals surface area contributed by atoms with Crippen LogP contribution in [0.15, 0.2) is 33.3 Å². The third-order valence-electron chi connectivity index (χ3n) is 3.22. The molecule has 1 aliphatic heterocycles. The summed E-state index contributed by atoms with van der Waals surface area (Å²) in [5, 5.41) is 4.02. The standard InChI is InChI=1S/C13H15BrN4O.ClH/c14-10-3-1-2-9(6-10)13-16-12(19-17-13)8-18-5-4-11(15)7-18;/h1-3,6,11H,4-5,7-8,15H2;1H/t11-;/m1./s1. The molecule has 1 aromatic heterocycles. The summed E-state index contributed by atoms with van der Waals surface area (Å²) in [7, 11) is 0. The van der Waals surface area contributed by atoms with Gasteiger partial charge < -0.3 is 10.3 Å². The fourth-order valence-electron chi connectivity index (χ4n) is 2.26. The summed E-state index contributed by atoms with van der Waals surface area (Å²) in [4.78, 5) is 6.67. The molecule has 0 spiro atoms. The average molecular weight is 360 g/mol. The van der Waals surface area contributed by atoms with Crippen molar-refractivity contribution in [1.29, 1.82) is 0 Å². The molecule has 20 heavy (non-hydrogen) atoms. The van der Waals surface area contributed by atoms with Crippen LogP contribution in [-0.2, 0) is 6.54 Å². The van der Waals surface area contributed by atoms with Gasteiger partial charge in [-0.3, -0.25) is 4.90 Å². The number of halogens is 2. The summed E-state index contributed by atoms with van der Waals surface area (Å²) in [5.41, 5.74) is 6.82. The van der Waals surface area contributed by atoms with Gasteiger partial charge in [0.25, 0.3) is 0 Å². The van der Waals surface area contributed by atoms with E-state index in [4.69, 9.17) is 10.3 Å². The molecule has 3 rings (SSSR count). The van der Waals surface area contributed by atoms with E-state index in [0.29, 0.717) is 18.3 Å². The van der Waals surface area contributed by atoms with Gasteiger partial charge in [-0.25, -0.2) is 0 Å². The van der Waals surface area contributed by atoms with Gasteiger partial charge in [0.2, 0.25) is 11.7 Å². The number of hydrogen-bond donors (Lipinski definition) is 1. The maximum Gasteiger partial charge on any atom is 0.241 e. The smallest absolute Gasteiger partial charge is 0.241 e. The first-order valence-corrected chi connectivity index (χ1v) is 7.06. The van der Waals surface area contributed by atoms with Crippen molar-refractivity contribution in [1.82, 2.24) is 15.0 Å². The fourth-order valence-corrected chi connectivity index (χ4v) is 2.66. The van der Waals surface area contributed by atoms with E-state index in [9.17, 15) is 0 Å². The van der Waals surface area contributed by atoms with Gasteiger partial charge in [0.05, 0.1) is 6.54 Å². The number of aromatic nitrogens is 2. The summed E-state index contributed by atoms with van der Waals surface area (Å²) < 4.78 is 6.30. The molecule has 1 atom stereocenters. The quantitative estimate of drug-likeness (QED) is 0.911. The molecule has 0 amide bonds. The molecule has 1 aromatic carbocycles. The van der Waals surface area contributed by atoms with Crippen molar-refractivity contribution < 1.29 is 4.52 Å². The van der Waals surface area contributed by atoms with E-state index in [-0.39, 0.29) is 18.4 Å². The van der Waals surface area contributed by atoms with Gasteiger partial charge in [-0.1, -0.05) is 33.2 Å². The average Bonchev–Trinajstić information content (AvgIpc) is 2.99. The van der Waals surface area contributed by atoms with Crippen LogP contribution in [0.5, 0.6) is 0 Å². The maximum atomic E-state index is 5.88. The topological polar surface area (TPSA) is 68.2 Å². The van der Waals surface area contributed by atoms with Crippen molar-refractivity contribution in [3.63, 3.8) is 0 Å². The van der Waals surface area contributed by atoms with Gasteiger partial charge in [-0.05, 0) is 18.6 Å². The van der Waals surface area contributed by atoms with Crippen LogP contribution in [0, 0.1) is 0 Å². The number of rotatable bonds is 3.